The van der Waals surface area contributed by atoms with Crippen LogP contribution < -0.4 is 5.32 Å². The van der Waals surface area contributed by atoms with E-state index in [-0.39, 0.29) is 25.3 Å². The molecule has 0 aliphatic carbocycles. The van der Waals surface area contributed by atoms with E-state index in [9.17, 15) is 14.4 Å². The van der Waals surface area contributed by atoms with Gasteiger partial charge in [-0.1, -0.05) is 54.6 Å². The Morgan fingerprint density at radius 1 is 0.903 bits per heavy atom. The fourth-order valence-electron chi connectivity index (χ4n) is 3.12. The quantitative estimate of drug-likeness (QED) is 0.616. The van der Waals surface area contributed by atoms with E-state index in [4.69, 9.17) is 4.74 Å². The lowest BCUT2D eigenvalue weighted by Crippen LogP contribution is -2.36. The molecule has 0 radical (unpaired) electrons. The van der Waals surface area contributed by atoms with E-state index >= 15 is 0 Å². The molecule has 1 atom stereocenters. The largest absolute Gasteiger partial charge is 0.469 e. The molecule has 0 bridgehead atoms. The van der Waals surface area contributed by atoms with Crippen LogP contribution in [0.4, 0.5) is 0 Å². The molecule has 0 fully saturated rings. The molecule has 1 amide bonds. The van der Waals surface area contributed by atoms with Gasteiger partial charge in [0.1, 0.15) is 5.60 Å². The molecule has 1 N–H and O–H groups in total. The molecule has 0 aromatic heterocycles. The Labute approximate surface area is 183 Å². The molecule has 2 aromatic carbocycles. The van der Waals surface area contributed by atoms with E-state index in [1.807, 2.05) is 54.6 Å². The van der Waals surface area contributed by atoms with Crippen molar-refractivity contribution in [2.45, 2.75) is 45.6 Å². The number of rotatable bonds is 9. The molecule has 6 nitrogen and oxygen atoms in total. The Morgan fingerprint density at radius 3 is 2.10 bits per heavy atom. The van der Waals surface area contributed by atoms with Crippen LogP contribution in [0.2, 0.25) is 0 Å². The van der Waals surface area contributed by atoms with Crippen molar-refractivity contribution in [3.05, 3.63) is 60.2 Å². The highest BCUT2D eigenvalue weighted by Crippen LogP contribution is 2.22. The first kappa shape index (κ1) is 24.1. The zero-order valence-corrected chi connectivity index (χ0v) is 18.6. The van der Waals surface area contributed by atoms with Crippen LogP contribution in [0.1, 0.15) is 39.2 Å². The van der Waals surface area contributed by atoms with Crippen molar-refractivity contribution < 1.29 is 23.9 Å². The van der Waals surface area contributed by atoms with Crippen LogP contribution in [0.5, 0.6) is 0 Å². The maximum atomic E-state index is 12.7. The first-order chi connectivity index (χ1) is 14.7. The lowest BCUT2D eigenvalue weighted by Gasteiger charge is -2.22. The molecule has 0 saturated heterocycles. The summed E-state index contributed by atoms with van der Waals surface area (Å²) in [5.74, 6) is -1.72. The monoisotopic (exact) mass is 425 g/mol. The van der Waals surface area contributed by atoms with Crippen molar-refractivity contribution in [2.75, 3.05) is 13.7 Å². The summed E-state index contributed by atoms with van der Waals surface area (Å²) in [4.78, 5) is 36.4. The second-order valence-electron chi connectivity index (χ2n) is 8.37. The number of hydrogen-bond acceptors (Lipinski definition) is 5. The van der Waals surface area contributed by atoms with E-state index in [0.717, 1.165) is 16.7 Å². The molecule has 6 heteroatoms. The molecule has 166 valence electrons. The minimum atomic E-state index is -0.625. The minimum Gasteiger partial charge on any atom is -0.469 e. The van der Waals surface area contributed by atoms with Crippen LogP contribution in [0.25, 0.3) is 11.1 Å². The average molecular weight is 426 g/mol. The summed E-state index contributed by atoms with van der Waals surface area (Å²) in [6.45, 7) is 5.53. The third-order valence-electron chi connectivity index (χ3n) is 4.60. The van der Waals surface area contributed by atoms with Crippen molar-refractivity contribution >= 4 is 17.8 Å². The molecular formula is C25H31NO5. The van der Waals surface area contributed by atoms with Gasteiger partial charge in [0.05, 0.1) is 25.9 Å². The van der Waals surface area contributed by atoms with Crippen molar-refractivity contribution in [2.24, 2.45) is 5.92 Å². The average Bonchev–Trinajstić information content (AvgIpc) is 2.72. The maximum Gasteiger partial charge on any atom is 0.307 e. The number of hydrogen-bond donors (Lipinski definition) is 1. The molecule has 0 heterocycles. The number of nitrogens with one attached hydrogen (secondary N) is 1. The van der Waals surface area contributed by atoms with Crippen LogP contribution in [-0.2, 0) is 30.3 Å². The molecule has 0 saturated carbocycles. The van der Waals surface area contributed by atoms with Gasteiger partial charge in [0.25, 0.3) is 0 Å². The Balaban J connectivity index is 2.08. The van der Waals surface area contributed by atoms with E-state index < -0.39 is 23.5 Å². The number of esters is 2. The Hall–Kier alpha value is -3.15. The zero-order chi connectivity index (χ0) is 22.9. The molecule has 0 aliphatic heterocycles. The second-order valence-corrected chi connectivity index (χ2v) is 8.37. The maximum absolute atomic E-state index is 12.7. The number of carbonyl (C=O) groups excluding carboxylic acids is 3. The zero-order valence-electron chi connectivity index (χ0n) is 18.6. The molecule has 0 spiro atoms. The predicted molar refractivity (Wildman–Crippen MR) is 119 cm³/mol. The lowest BCUT2D eigenvalue weighted by molar-refractivity contribution is -0.157. The number of amides is 1. The van der Waals surface area contributed by atoms with Gasteiger partial charge in [0.15, 0.2) is 0 Å². The van der Waals surface area contributed by atoms with Crippen molar-refractivity contribution in [1.29, 1.82) is 0 Å². The Kier molecular flexibility index (Phi) is 8.79. The van der Waals surface area contributed by atoms with Gasteiger partial charge in [-0.25, -0.2) is 0 Å². The minimum absolute atomic E-state index is 0.0399. The van der Waals surface area contributed by atoms with Crippen molar-refractivity contribution in [3.8, 4) is 11.1 Å². The van der Waals surface area contributed by atoms with Crippen LogP contribution in [0.15, 0.2) is 54.6 Å². The number of ether oxygens (including phenoxy) is 2. The number of carbonyl (C=O) groups is 3. The van der Waals surface area contributed by atoms with Crippen LogP contribution in [-0.4, -0.2) is 37.1 Å². The predicted octanol–water partition coefficient (Wildman–Crippen LogP) is 3.92. The van der Waals surface area contributed by atoms with Gasteiger partial charge in [-0.2, -0.15) is 0 Å². The summed E-state index contributed by atoms with van der Waals surface area (Å²) in [5, 5.41) is 2.73. The molecule has 2 aromatic rings. The third kappa shape index (κ3) is 8.62. The highest BCUT2D eigenvalue weighted by Gasteiger charge is 2.26. The summed E-state index contributed by atoms with van der Waals surface area (Å²) in [7, 11) is 1.30. The summed E-state index contributed by atoms with van der Waals surface area (Å²) in [5.41, 5.74) is 2.51. The van der Waals surface area contributed by atoms with Gasteiger partial charge in [-0.15, -0.1) is 0 Å². The summed E-state index contributed by atoms with van der Waals surface area (Å²) in [6.07, 6.45) is 0.424. The highest BCUT2D eigenvalue weighted by molar-refractivity contribution is 5.84. The van der Waals surface area contributed by atoms with Crippen LogP contribution in [0, 0.1) is 5.92 Å². The Morgan fingerprint density at radius 2 is 1.52 bits per heavy atom. The second kappa shape index (κ2) is 11.3. The van der Waals surface area contributed by atoms with E-state index in [1.54, 1.807) is 20.8 Å². The van der Waals surface area contributed by atoms with Gasteiger partial charge in [0, 0.05) is 6.54 Å². The standard InChI is InChI=1S/C25H31NO5/c1-25(2,3)31-23(28)17-21(24(29)26-15-14-22(27)30-4)16-18-10-12-20(13-11-18)19-8-6-5-7-9-19/h5-13,21H,14-17H2,1-4H3,(H,26,29)/t21-/m1/s1. The van der Waals surface area contributed by atoms with Crippen molar-refractivity contribution in [1.82, 2.24) is 5.32 Å². The topological polar surface area (TPSA) is 81.7 Å². The summed E-state index contributed by atoms with van der Waals surface area (Å²) < 4.78 is 9.99. The smallest absolute Gasteiger partial charge is 0.307 e. The van der Waals surface area contributed by atoms with Gasteiger partial charge >= 0.3 is 11.9 Å². The molecule has 0 unspecified atom stereocenters. The normalized spacial score (nSPS) is 12.0. The van der Waals surface area contributed by atoms with E-state index in [1.165, 1.54) is 7.11 Å². The molecule has 31 heavy (non-hydrogen) atoms. The van der Waals surface area contributed by atoms with Crippen LogP contribution in [0.3, 0.4) is 0 Å². The highest BCUT2D eigenvalue weighted by atomic mass is 16.6. The molecule has 2 rings (SSSR count). The number of benzene rings is 2. The fourth-order valence-corrected chi connectivity index (χ4v) is 3.12. The summed E-state index contributed by atoms with van der Waals surface area (Å²) >= 11 is 0. The first-order valence-corrected chi connectivity index (χ1v) is 10.4. The van der Waals surface area contributed by atoms with Gasteiger partial charge in [-0.05, 0) is 43.9 Å². The van der Waals surface area contributed by atoms with E-state index in [0.29, 0.717) is 6.42 Å². The first-order valence-electron chi connectivity index (χ1n) is 10.4. The van der Waals surface area contributed by atoms with Crippen molar-refractivity contribution in [3.63, 3.8) is 0 Å². The van der Waals surface area contributed by atoms with Gasteiger partial charge in [0.2, 0.25) is 5.91 Å². The van der Waals surface area contributed by atoms with Gasteiger partial charge in [-0.3, -0.25) is 14.4 Å². The van der Waals surface area contributed by atoms with Gasteiger partial charge < -0.3 is 14.8 Å². The van der Waals surface area contributed by atoms with E-state index in [2.05, 4.69) is 10.1 Å². The SMILES string of the molecule is COC(=O)CCNC(=O)[C@@H](CC(=O)OC(C)(C)C)Cc1ccc(-c2ccccc2)cc1. The number of methoxy groups -OCH3 is 1. The lowest BCUT2D eigenvalue weighted by atomic mass is 9.93. The Bertz CT molecular complexity index is 869. The third-order valence-corrected chi connectivity index (χ3v) is 4.60. The summed E-state index contributed by atoms with van der Waals surface area (Å²) in [6, 6.07) is 18.0. The molecular weight excluding hydrogens is 394 g/mol. The van der Waals surface area contributed by atoms with Crippen LogP contribution >= 0.6 is 0 Å². The fraction of sp³-hybridized carbons (Fsp3) is 0.400. The molecule has 0 aliphatic rings.